The van der Waals surface area contributed by atoms with Gasteiger partial charge in [0, 0.05) is 5.70 Å². The number of carbonyl (C=O) groups is 1. The van der Waals surface area contributed by atoms with Crippen molar-refractivity contribution in [1.82, 2.24) is 9.13 Å². The van der Waals surface area contributed by atoms with Crippen LogP contribution in [0.25, 0.3) is 16.6 Å². The normalized spacial score (nSPS) is 17.7. The molecule has 0 saturated heterocycles. The van der Waals surface area contributed by atoms with E-state index in [1.165, 1.54) is 25.3 Å². The molecule has 0 aliphatic heterocycles. The topological polar surface area (TPSA) is 114 Å². The fourth-order valence-electron chi connectivity index (χ4n) is 5.08. The van der Waals surface area contributed by atoms with E-state index in [4.69, 9.17) is 4.74 Å². The molecule has 1 fully saturated rings. The van der Waals surface area contributed by atoms with E-state index in [0.29, 0.717) is 25.7 Å². The van der Waals surface area contributed by atoms with Crippen LogP contribution in [-0.2, 0) is 17.5 Å². The minimum absolute atomic E-state index is 0.0282. The maximum absolute atomic E-state index is 13.8. The molecule has 198 valence electrons. The number of hydrogen-bond acceptors (Lipinski definition) is 5. The lowest BCUT2D eigenvalue weighted by molar-refractivity contribution is -0.143. The molecule has 1 aromatic heterocycles. The van der Waals surface area contributed by atoms with E-state index in [1.807, 2.05) is 0 Å². The quantitative estimate of drug-likeness (QED) is 0.506. The zero-order valence-corrected chi connectivity index (χ0v) is 20.4. The highest BCUT2D eigenvalue weighted by Crippen LogP contribution is 2.35. The van der Waals surface area contributed by atoms with Crippen LogP contribution >= 0.6 is 0 Å². The number of methoxy groups -OCH3 is 1. The maximum atomic E-state index is 13.8. The molecule has 0 atom stereocenters. The van der Waals surface area contributed by atoms with Crippen molar-refractivity contribution in [2.75, 3.05) is 7.11 Å². The summed E-state index contributed by atoms with van der Waals surface area (Å²) in [6.45, 7) is 3.57. The van der Waals surface area contributed by atoms with E-state index in [9.17, 15) is 37.9 Å². The summed E-state index contributed by atoms with van der Waals surface area (Å²) in [7, 11) is 1.34. The average molecular weight is 527 g/mol. The Morgan fingerprint density at radius 1 is 1.13 bits per heavy atom. The summed E-state index contributed by atoms with van der Waals surface area (Å²) in [4.78, 5) is 38.7. The predicted molar refractivity (Wildman–Crippen MR) is 133 cm³/mol. The third-order valence-electron chi connectivity index (χ3n) is 7.09. The number of ether oxygens (including phenoxy) is 1. The van der Waals surface area contributed by atoms with Gasteiger partial charge in [-0.05, 0) is 55.4 Å². The van der Waals surface area contributed by atoms with Gasteiger partial charge >= 0.3 is 17.8 Å². The van der Waals surface area contributed by atoms with Crippen molar-refractivity contribution in [3.63, 3.8) is 0 Å². The number of allylic oxidation sites excluding steroid dienone is 1. The molecule has 0 amide bonds. The van der Waals surface area contributed by atoms with Gasteiger partial charge in [0.1, 0.15) is 17.2 Å². The summed E-state index contributed by atoms with van der Waals surface area (Å²) in [6, 6.07) is 9.42. The van der Waals surface area contributed by atoms with E-state index in [-0.39, 0.29) is 33.8 Å². The van der Waals surface area contributed by atoms with Crippen LogP contribution in [0.4, 0.5) is 13.2 Å². The second-order valence-electron chi connectivity index (χ2n) is 9.19. The Morgan fingerprint density at radius 2 is 1.76 bits per heavy atom. The van der Waals surface area contributed by atoms with Gasteiger partial charge in [0.15, 0.2) is 0 Å². The summed E-state index contributed by atoms with van der Waals surface area (Å²) in [5, 5.41) is 18.9. The third kappa shape index (κ3) is 4.69. The molecule has 0 bridgehead atoms. The van der Waals surface area contributed by atoms with Gasteiger partial charge in [0.05, 0.1) is 36.2 Å². The van der Waals surface area contributed by atoms with Crippen molar-refractivity contribution in [3.05, 3.63) is 80.5 Å². The molecular weight excluding hydrogens is 503 g/mol. The lowest BCUT2D eigenvalue weighted by atomic mass is 9.80. The molecular formula is C27H24F3N3O5. The second kappa shape index (κ2) is 10.2. The van der Waals surface area contributed by atoms with Gasteiger partial charge in [-0.15, -0.1) is 0 Å². The van der Waals surface area contributed by atoms with Crippen molar-refractivity contribution in [2.24, 2.45) is 11.8 Å². The van der Waals surface area contributed by atoms with Crippen molar-refractivity contribution < 1.29 is 27.8 Å². The smallest absolute Gasteiger partial charge is 0.417 e. The highest BCUT2D eigenvalue weighted by Gasteiger charge is 2.35. The van der Waals surface area contributed by atoms with E-state index >= 15 is 0 Å². The van der Waals surface area contributed by atoms with Crippen LogP contribution in [0.1, 0.15) is 42.4 Å². The molecule has 0 radical (unpaired) electrons. The molecule has 1 N–H and O–H groups in total. The van der Waals surface area contributed by atoms with Crippen LogP contribution in [0.3, 0.4) is 0 Å². The average Bonchev–Trinajstić information content (AvgIpc) is 2.89. The number of hydrogen-bond donors (Lipinski definition) is 1. The molecule has 38 heavy (non-hydrogen) atoms. The van der Waals surface area contributed by atoms with Gasteiger partial charge in [-0.1, -0.05) is 24.8 Å². The fourth-order valence-corrected chi connectivity index (χ4v) is 5.08. The monoisotopic (exact) mass is 527 g/mol. The second-order valence-corrected chi connectivity index (χ2v) is 9.19. The Kier molecular flexibility index (Phi) is 7.18. The number of fused-ring (bicyclic) bond motifs is 1. The summed E-state index contributed by atoms with van der Waals surface area (Å²) in [5.41, 5.74) is -3.02. The number of halogens is 3. The van der Waals surface area contributed by atoms with Crippen LogP contribution < -0.4 is 16.0 Å². The highest BCUT2D eigenvalue weighted by molar-refractivity contribution is 5.85. The van der Waals surface area contributed by atoms with Crippen LogP contribution in [-0.4, -0.2) is 27.3 Å². The molecule has 0 spiro atoms. The lowest BCUT2D eigenvalue weighted by Crippen LogP contribution is -2.41. The van der Waals surface area contributed by atoms with Gasteiger partial charge < -0.3 is 9.84 Å². The standard InChI is InChI=1S/C27H24F3N3O5/c1-15(16-9-11-17(12-10-16)25(35)36)33-24(34)23-21(7-4-8-22(23)38-2)32(26(33)37)14-18-5-3-6-20(19(18)13-31)27(28,29)30/h3-8,16-17H,1,9-12,14H2,2H3,(H,35,36). The molecule has 1 saturated carbocycles. The molecule has 1 aliphatic rings. The number of nitriles is 1. The molecule has 2 aromatic carbocycles. The number of alkyl halides is 3. The fraction of sp³-hybridized carbons (Fsp3) is 0.333. The number of nitrogens with zero attached hydrogens (tertiary/aromatic N) is 3. The predicted octanol–water partition coefficient (Wildman–Crippen LogP) is 4.47. The minimum Gasteiger partial charge on any atom is -0.496 e. The number of aromatic nitrogens is 2. The summed E-state index contributed by atoms with van der Waals surface area (Å²) >= 11 is 0. The molecule has 4 rings (SSSR count). The lowest BCUT2D eigenvalue weighted by Gasteiger charge is -2.28. The van der Waals surface area contributed by atoms with E-state index in [2.05, 4.69) is 6.58 Å². The largest absolute Gasteiger partial charge is 0.496 e. The Labute approximate surface area is 214 Å². The number of carboxylic acids is 1. The van der Waals surface area contributed by atoms with E-state index in [1.54, 1.807) is 12.1 Å². The van der Waals surface area contributed by atoms with Crippen LogP contribution in [0.5, 0.6) is 5.75 Å². The van der Waals surface area contributed by atoms with Crippen molar-refractivity contribution in [2.45, 2.75) is 38.4 Å². The first kappa shape index (κ1) is 26.7. The first-order valence-electron chi connectivity index (χ1n) is 11.8. The highest BCUT2D eigenvalue weighted by atomic mass is 19.4. The third-order valence-corrected chi connectivity index (χ3v) is 7.09. The molecule has 1 aliphatic carbocycles. The SMILES string of the molecule is C=C(C1CCC(C(=O)O)CC1)n1c(=O)c2c(OC)cccc2n(Cc2cccc(C(F)(F)F)c2C#N)c1=O. The molecule has 11 heteroatoms. The Morgan fingerprint density at radius 3 is 2.34 bits per heavy atom. The number of carboxylic acid groups (broad SMARTS) is 1. The summed E-state index contributed by atoms with van der Waals surface area (Å²) in [5.74, 6) is -1.62. The van der Waals surface area contributed by atoms with E-state index < -0.39 is 47.0 Å². The molecule has 1 heterocycles. The van der Waals surface area contributed by atoms with Crippen LogP contribution in [0.15, 0.2) is 52.6 Å². The Bertz CT molecular complexity index is 1590. The zero-order chi connectivity index (χ0) is 27.8. The Balaban J connectivity index is 1.91. The zero-order valence-electron chi connectivity index (χ0n) is 20.4. The first-order valence-corrected chi connectivity index (χ1v) is 11.8. The first-order chi connectivity index (χ1) is 18.0. The van der Waals surface area contributed by atoms with Gasteiger partial charge in [-0.2, -0.15) is 18.4 Å². The van der Waals surface area contributed by atoms with Crippen molar-refractivity contribution in [1.29, 1.82) is 5.26 Å². The van der Waals surface area contributed by atoms with Gasteiger partial charge in [-0.25, -0.2) is 9.36 Å². The van der Waals surface area contributed by atoms with Gasteiger partial charge in [-0.3, -0.25) is 14.2 Å². The molecule has 3 aromatic rings. The van der Waals surface area contributed by atoms with Crippen molar-refractivity contribution in [3.8, 4) is 11.8 Å². The Hall–Kier alpha value is -4.33. The van der Waals surface area contributed by atoms with E-state index in [0.717, 1.165) is 21.3 Å². The molecule has 0 unspecified atom stereocenters. The number of benzene rings is 2. The number of aliphatic carboxylic acids is 1. The summed E-state index contributed by atoms with van der Waals surface area (Å²) in [6.07, 6.45) is -3.27. The maximum Gasteiger partial charge on any atom is 0.417 e. The van der Waals surface area contributed by atoms with Gasteiger partial charge in [0.25, 0.3) is 5.56 Å². The van der Waals surface area contributed by atoms with Crippen LogP contribution in [0.2, 0.25) is 0 Å². The summed E-state index contributed by atoms with van der Waals surface area (Å²) < 4.78 is 48.1. The minimum atomic E-state index is -4.78. The number of rotatable bonds is 6. The van der Waals surface area contributed by atoms with Crippen molar-refractivity contribution >= 4 is 22.6 Å². The van der Waals surface area contributed by atoms with Gasteiger partial charge in [0.2, 0.25) is 0 Å². The van der Waals surface area contributed by atoms with Crippen LogP contribution in [0, 0.1) is 23.2 Å². The molecule has 8 nitrogen and oxygen atoms in total.